The Kier molecular flexibility index (Phi) is 10.1. The van der Waals surface area contributed by atoms with Crippen molar-refractivity contribution in [3.8, 4) is 0 Å². The molecule has 0 spiro atoms. The highest BCUT2D eigenvalue weighted by molar-refractivity contribution is 7.89. The minimum Gasteiger partial charge on any atom is -0.469 e. The van der Waals surface area contributed by atoms with Crippen molar-refractivity contribution in [3.05, 3.63) is 101 Å². The third-order valence-electron chi connectivity index (χ3n) is 9.79. The molecule has 1 saturated carbocycles. The zero-order chi connectivity index (χ0) is 33.1. The van der Waals surface area contributed by atoms with Gasteiger partial charge in [-0.3, -0.25) is 9.59 Å². The van der Waals surface area contributed by atoms with E-state index in [0.29, 0.717) is 37.4 Å². The second-order valence-electron chi connectivity index (χ2n) is 12.9. The first-order chi connectivity index (χ1) is 22.6. The first kappa shape index (κ1) is 33.2. The zero-order valence-corrected chi connectivity index (χ0v) is 27.3. The molecular weight excluding hydrogens is 624 g/mol. The largest absolute Gasteiger partial charge is 0.469 e. The molecule has 2 saturated heterocycles. The molecule has 0 radical (unpaired) electrons. The Morgan fingerprint density at radius 3 is 2.38 bits per heavy atom. The van der Waals surface area contributed by atoms with E-state index in [1.54, 1.807) is 22.5 Å². The number of methoxy groups -OCH3 is 1. The van der Waals surface area contributed by atoms with Gasteiger partial charge in [0.25, 0.3) is 0 Å². The number of halogens is 2. The average Bonchev–Trinajstić information content (AvgIpc) is 3.92. The van der Waals surface area contributed by atoms with E-state index < -0.39 is 45.4 Å². The van der Waals surface area contributed by atoms with Gasteiger partial charge in [0.05, 0.1) is 25.2 Å². The lowest BCUT2D eigenvalue weighted by Gasteiger charge is -2.37. The van der Waals surface area contributed by atoms with Crippen LogP contribution in [0.4, 0.5) is 14.5 Å². The van der Waals surface area contributed by atoms with Crippen LogP contribution in [0.25, 0.3) is 0 Å². The van der Waals surface area contributed by atoms with Crippen LogP contribution >= 0.6 is 0 Å². The summed E-state index contributed by atoms with van der Waals surface area (Å²) in [5, 5.41) is 6.34. The molecule has 3 unspecified atom stereocenters. The lowest BCUT2D eigenvalue weighted by atomic mass is 9.78. The first-order valence-electron chi connectivity index (χ1n) is 16.4. The van der Waals surface area contributed by atoms with E-state index in [0.717, 1.165) is 24.8 Å². The molecule has 3 aliphatic rings. The van der Waals surface area contributed by atoms with E-state index in [2.05, 4.69) is 10.6 Å². The number of nitrogens with zero attached hydrogens (tertiary/aromatic N) is 1. The van der Waals surface area contributed by atoms with Gasteiger partial charge in [-0.05, 0) is 85.4 Å². The number of hydrogen-bond acceptors (Lipinski definition) is 6. The Hall–Kier alpha value is -3.67. The van der Waals surface area contributed by atoms with Crippen molar-refractivity contribution in [1.29, 1.82) is 0 Å². The van der Waals surface area contributed by atoms with Gasteiger partial charge in [0.2, 0.25) is 15.9 Å². The molecule has 3 aromatic rings. The van der Waals surface area contributed by atoms with Crippen molar-refractivity contribution >= 4 is 27.6 Å². The fraction of sp³-hybridized carbons (Fsp3) is 0.444. The normalized spacial score (nSPS) is 23.3. The van der Waals surface area contributed by atoms with E-state index in [-0.39, 0.29) is 41.9 Å². The van der Waals surface area contributed by atoms with Gasteiger partial charge in [0.15, 0.2) is 0 Å². The number of benzene rings is 3. The number of amides is 1. The zero-order valence-electron chi connectivity index (χ0n) is 26.5. The molecule has 2 bridgehead atoms. The van der Waals surface area contributed by atoms with Crippen LogP contribution in [0.5, 0.6) is 0 Å². The Balaban J connectivity index is 1.28. The molecule has 2 heterocycles. The molecule has 3 aromatic carbocycles. The van der Waals surface area contributed by atoms with Gasteiger partial charge in [-0.25, -0.2) is 17.2 Å². The number of carbonyl (C=O) groups excluding carboxylic acids is 2. The molecular formula is C36H41F2N3O5S. The summed E-state index contributed by atoms with van der Waals surface area (Å²) in [6.07, 6.45) is 3.95. The van der Waals surface area contributed by atoms with Crippen molar-refractivity contribution < 1.29 is 31.5 Å². The molecule has 5 atom stereocenters. The van der Waals surface area contributed by atoms with E-state index in [9.17, 15) is 22.4 Å². The summed E-state index contributed by atoms with van der Waals surface area (Å²) in [4.78, 5) is 27.0. The fourth-order valence-corrected chi connectivity index (χ4v) is 8.86. The SMILES string of the molecule is COC(=O)C[C@H](C(=O)Nc1cccc(F)c1CCC1CNC2CCCS(=O)(=O)N1C2)[C@@H](c1ccc(F)cc1)c1ccc(C2CC2)cc1. The maximum absolute atomic E-state index is 15.4. The number of carbonyl (C=O) groups is 2. The van der Waals surface area contributed by atoms with Crippen LogP contribution < -0.4 is 10.6 Å². The van der Waals surface area contributed by atoms with E-state index >= 15 is 4.39 Å². The molecule has 250 valence electrons. The van der Waals surface area contributed by atoms with Gasteiger partial charge in [-0.15, -0.1) is 0 Å². The number of rotatable bonds is 11. The number of sulfonamides is 1. The number of anilines is 1. The smallest absolute Gasteiger partial charge is 0.306 e. The third-order valence-corrected chi connectivity index (χ3v) is 11.8. The van der Waals surface area contributed by atoms with Crippen molar-refractivity contribution in [2.45, 2.75) is 68.9 Å². The molecule has 1 aliphatic carbocycles. The number of nitrogens with one attached hydrogen (secondary N) is 2. The summed E-state index contributed by atoms with van der Waals surface area (Å²) in [6.45, 7) is 0.871. The van der Waals surface area contributed by atoms with Crippen LogP contribution in [-0.4, -0.2) is 62.6 Å². The van der Waals surface area contributed by atoms with Gasteiger partial charge in [-0.2, -0.15) is 4.31 Å². The van der Waals surface area contributed by atoms with Crippen molar-refractivity contribution in [1.82, 2.24) is 9.62 Å². The predicted octanol–water partition coefficient (Wildman–Crippen LogP) is 5.49. The fourth-order valence-electron chi connectivity index (χ4n) is 7.06. The van der Waals surface area contributed by atoms with E-state index in [1.165, 1.54) is 36.9 Å². The number of esters is 1. The molecule has 47 heavy (non-hydrogen) atoms. The van der Waals surface area contributed by atoms with Gasteiger partial charge in [-0.1, -0.05) is 42.5 Å². The maximum Gasteiger partial charge on any atom is 0.306 e. The summed E-state index contributed by atoms with van der Waals surface area (Å²) in [6, 6.07) is 18.0. The molecule has 11 heteroatoms. The summed E-state index contributed by atoms with van der Waals surface area (Å²) < 4.78 is 61.9. The van der Waals surface area contributed by atoms with Crippen molar-refractivity contribution in [3.63, 3.8) is 0 Å². The van der Waals surface area contributed by atoms with Gasteiger partial charge >= 0.3 is 5.97 Å². The standard InChI is InChI=1S/C36H41F2N3O5S/c1-46-34(42)20-31(35(26-13-15-27(37)16-14-26)25-11-9-24(10-12-25)23-7-8-23)36(43)40-33-6-2-5-32(38)30(33)18-17-29-21-39-28-4-3-19-47(44,45)41(29)22-28/h2,5-6,9-16,23,28-29,31,35,39H,3-4,7-8,17-22H2,1H3,(H,40,43)/t28?,29?,31-,35+/m0/s1. The van der Waals surface area contributed by atoms with Crippen LogP contribution in [0, 0.1) is 17.6 Å². The number of ether oxygens (including phenoxy) is 1. The van der Waals surface area contributed by atoms with E-state index in [4.69, 9.17) is 4.74 Å². The van der Waals surface area contributed by atoms with Crippen LogP contribution in [0.3, 0.4) is 0 Å². The predicted molar refractivity (Wildman–Crippen MR) is 175 cm³/mol. The van der Waals surface area contributed by atoms with Gasteiger partial charge < -0.3 is 15.4 Å². The van der Waals surface area contributed by atoms with Crippen LogP contribution in [-0.2, 0) is 30.8 Å². The van der Waals surface area contributed by atoms with Crippen LogP contribution in [0.1, 0.15) is 72.6 Å². The number of hydrogen-bond donors (Lipinski definition) is 2. The maximum atomic E-state index is 15.4. The molecule has 1 amide bonds. The molecule has 2 N–H and O–H groups in total. The summed E-state index contributed by atoms with van der Waals surface area (Å²) >= 11 is 0. The summed E-state index contributed by atoms with van der Waals surface area (Å²) in [7, 11) is -2.16. The highest BCUT2D eigenvalue weighted by atomic mass is 32.2. The van der Waals surface area contributed by atoms with E-state index in [1.807, 2.05) is 24.3 Å². The first-order valence-corrected chi connectivity index (χ1v) is 18.0. The Bertz CT molecular complexity index is 1700. The molecule has 8 nitrogen and oxygen atoms in total. The lowest BCUT2D eigenvalue weighted by Crippen LogP contribution is -2.57. The van der Waals surface area contributed by atoms with Crippen molar-refractivity contribution in [2.75, 3.05) is 31.3 Å². The van der Waals surface area contributed by atoms with Crippen molar-refractivity contribution in [2.24, 2.45) is 5.92 Å². The highest BCUT2D eigenvalue weighted by Gasteiger charge is 2.38. The topological polar surface area (TPSA) is 105 Å². The summed E-state index contributed by atoms with van der Waals surface area (Å²) in [5.41, 5.74) is 3.16. The highest BCUT2D eigenvalue weighted by Crippen LogP contribution is 2.42. The van der Waals surface area contributed by atoms with Crippen LogP contribution in [0.15, 0.2) is 66.7 Å². The van der Waals surface area contributed by atoms with Gasteiger partial charge in [0, 0.05) is 42.3 Å². The van der Waals surface area contributed by atoms with Gasteiger partial charge in [0.1, 0.15) is 11.6 Å². The second kappa shape index (κ2) is 14.2. The Morgan fingerprint density at radius 2 is 1.70 bits per heavy atom. The second-order valence-corrected chi connectivity index (χ2v) is 15.0. The monoisotopic (exact) mass is 665 g/mol. The minimum atomic E-state index is -3.42. The molecule has 2 aliphatic heterocycles. The molecule has 0 aromatic heterocycles. The average molecular weight is 666 g/mol. The third kappa shape index (κ3) is 7.74. The lowest BCUT2D eigenvalue weighted by molar-refractivity contribution is -0.143. The van der Waals surface area contributed by atoms with Crippen LogP contribution in [0.2, 0.25) is 0 Å². The number of fused-ring (bicyclic) bond motifs is 2. The molecule has 6 rings (SSSR count). The summed E-state index contributed by atoms with van der Waals surface area (Å²) in [5.74, 6) is -3.02. The number of piperazine rings is 1. The Labute approximate surface area is 274 Å². The minimum absolute atomic E-state index is 0.1000. The Morgan fingerprint density at radius 1 is 1.00 bits per heavy atom. The quantitative estimate of drug-likeness (QED) is 0.263. The molecule has 3 fully saturated rings.